The molecule has 1 aromatic carbocycles. The maximum absolute atomic E-state index is 8.41. The van der Waals surface area contributed by atoms with Crippen LogP contribution in [0.25, 0.3) is 6.08 Å². The molecule has 1 heteroatoms. The van der Waals surface area contributed by atoms with Crippen LogP contribution in [-0.2, 0) is 6.42 Å². The first-order chi connectivity index (χ1) is 8.86. The van der Waals surface area contributed by atoms with Crippen LogP contribution in [-0.4, -0.2) is 0 Å². The van der Waals surface area contributed by atoms with Crippen molar-refractivity contribution >= 4 is 6.08 Å². The first-order valence-electron chi connectivity index (χ1n) is 6.99. The van der Waals surface area contributed by atoms with Gasteiger partial charge >= 0.3 is 0 Å². The number of hydrogen-bond acceptors (Lipinski definition) is 1. The average molecular weight is 241 g/mol. The summed E-state index contributed by atoms with van der Waals surface area (Å²) in [7, 11) is 0. The molecular formula is C17H23N. The third-order valence-corrected chi connectivity index (χ3v) is 2.99. The largest absolute Gasteiger partial charge is 0.198 e. The molecule has 1 aromatic rings. The molecule has 0 radical (unpaired) electrons. The highest BCUT2D eigenvalue weighted by atomic mass is 14.2. The van der Waals surface area contributed by atoms with E-state index in [1.54, 1.807) is 0 Å². The van der Waals surface area contributed by atoms with Gasteiger partial charge in [0.15, 0.2) is 0 Å². The minimum absolute atomic E-state index is 0.697. The lowest BCUT2D eigenvalue weighted by molar-refractivity contribution is 0.700. The van der Waals surface area contributed by atoms with Crippen molar-refractivity contribution in [2.24, 2.45) is 0 Å². The summed E-state index contributed by atoms with van der Waals surface area (Å²) in [5, 5.41) is 8.41. The maximum atomic E-state index is 8.41. The van der Waals surface area contributed by atoms with E-state index in [1.807, 2.05) is 0 Å². The van der Waals surface area contributed by atoms with Gasteiger partial charge in [-0.25, -0.2) is 0 Å². The second-order valence-electron chi connectivity index (χ2n) is 4.65. The zero-order chi connectivity index (χ0) is 13.1. The fourth-order valence-electron chi connectivity index (χ4n) is 1.95. The van der Waals surface area contributed by atoms with E-state index in [9.17, 15) is 0 Å². The van der Waals surface area contributed by atoms with E-state index in [0.29, 0.717) is 6.42 Å². The summed E-state index contributed by atoms with van der Waals surface area (Å²) >= 11 is 0. The van der Waals surface area contributed by atoms with Crippen molar-refractivity contribution in [3.63, 3.8) is 0 Å². The van der Waals surface area contributed by atoms with Gasteiger partial charge in [-0.3, -0.25) is 0 Å². The van der Waals surface area contributed by atoms with Crippen molar-refractivity contribution in [3.8, 4) is 6.07 Å². The standard InChI is InChI=1S/C17H23N/c1-2-9-16-11-13-17(14-12-16)10-7-5-3-4-6-8-15-18/h7,10-14H,2-6,8-9H2,1H3. The van der Waals surface area contributed by atoms with Crippen LogP contribution in [0.4, 0.5) is 0 Å². The Morgan fingerprint density at radius 3 is 2.56 bits per heavy atom. The molecule has 0 saturated heterocycles. The molecule has 0 aliphatic rings. The van der Waals surface area contributed by atoms with Gasteiger partial charge < -0.3 is 0 Å². The molecule has 0 amide bonds. The Labute approximate surface area is 111 Å². The Morgan fingerprint density at radius 2 is 1.89 bits per heavy atom. The van der Waals surface area contributed by atoms with Gasteiger partial charge in [0.25, 0.3) is 0 Å². The Kier molecular flexibility index (Phi) is 7.64. The van der Waals surface area contributed by atoms with E-state index in [1.165, 1.54) is 30.4 Å². The SMILES string of the molecule is CCCc1ccc(C=CCCCCCC#N)cc1. The van der Waals surface area contributed by atoms with E-state index in [2.05, 4.69) is 49.4 Å². The molecule has 18 heavy (non-hydrogen) atoms. The third kappa shape index (κ3) is 6.25. The van der Waals surface area contributed by atoms with Crippen LogP contribution in [0.2, 0.25) is 0 Å². The van der Waals surface area contributed by atoms with E-state index in [4.69, 9.17) is 5.26 Å². The van der Waals surface area contributed by atoms with Crippen LogP contribution in [0, 0.1) is 11.3 Å². The van der Waals surface area contributed by atoms with Crippen LogP contribution in [0.5, 0.6) is 0 Å². The Hall–Kier alpha value is -1.55. The summed E-state index contributed by atoms with van der Waals surface area (Å²) in [6.07, 6.45) is 12.0. The summed E-state index contributed by atoms with van der Waals surface area (Å²) in [5.74, 6) is 0. The van der Waals surface area contributed by atoms with Gasteiger partial charge in [0.1, 0.15) is 0 Å². The molecule has 0 bridgehead atoms. The Bertz CT molecular complexity index is 381. The molecule has 96 valence electrons. The van der Waals surface area contributed by atoms with Gasteiger partial charge in [0, 0.05) is 6.42 Å². The molecule has 0 aliphatic carbocycles. The normalized spacial score (nSPS) is 10.7. The third-order valence-electron chi connectivity index (χ3n) is 2.99. The van der Waals surface area contributed by atoms with Crippen LogP contribution < -0.4 is 0 Å². The first-order valence-corrected chi connectivity index (χ1v) is 6.99. The molecule has 0 aromatic heterocycles. The molecule has 1 rings (SSSR count). The van der Waals surface area contributed by atoms with Gasteiger partial charge in [0.05, 0.1) is 6.07 Å². The number of aryl methyl sites for hydroxylation is 1. The molecule has 0 spiro atoms. The minimum atomic E-state index is 0.697. The van der Waals surface area contributed by atoms with Crippen molar-refractivity contribution in [1.82, 2.24) is 0 Å². The highest BCUT2D eigenvalue weighted by Gasteiger charge is 1.91. The fourth-order valence-corrected chi connectivity index (χ4v) is 1.95. The number of nitriles is 1. The molecule has 0 aliphatic heterocycles. The lowest BCUT2D eigenvalue weighted by atomic mass is 10.1. The number of allylic oxidation sites excluding steroid dienone is 1. The Morgan fingerprint density at radius 1 is 1.11 bits per heavy atom. The summed E-state index contributed by atoms with van der Waals surface area (Å²) in [4.78, 5) is 0. The van der Waals surface area contributed by atoms with Crippen molar-refractivity contribution in [2.75, 3.05) is 0 Å². The average Bonchev–Trinajstić information content (AvgIpc) is 2.40. The molecule has 1 nitrogen and oxygen atoms in total. The highest BCUT2D eigenvalue weighted by Crippen LogP contribution is 2.10. The number of nitrogens with zero attached hydrogens (tertiary/aromatic N) is 1. The summed E-state index contributed by atoms with van der Waals surface area (Å²) < 4.78 is 0. The van der Waals surface area contributed by atoms with Crippen LogP contribution in [0.3, 0.4) is 0 Å². The smallest absolute Gasteiger partial charge is 0.0621 e. The van der Waals surface area contributed by atoms with E-state index >= 15 is 0 Å². The van der Waals surface area contributed by atoms with Gasteiger partial charge in [0.2, 0.25) is 0 Å². The predicted octanol–water partition coefficient (Wildman–Crippen LogP) is 5.13. The number of hydrogen-bond donors (Lipinski definition) is 0. The topological polar surface area (TPSA) is 23.8 Å². The molecule has 0 unspecified atom stereocenters. The van der Waals surface area contributed by atoms with Crippen molar-refractivity contribution < 1.29 is 0 Å². The maximum Gasteiger partial charge on any atom is 0.0621 e. The molecule has 0 atom stereocenters. The number of benzene rings is 1. The zero-order valence-electron chi connectivity index (χ0n) is 11.4. The first kappa shape index (κ1) is 14.5. The van der Waals surface area contributed by atoms with Crippen LogP contribution >= 0.6 is 0 Å². The molecular weight excluding hydrogens is 218 g/mol. The lowest BCUT2D eigenvalue weighted by Crippen LogP contribution is -1.82. The molecule has 0 saturated carbocycles. The van der Waals surface area contributed by atoms with E-state index < -0.39 is 0 Å². The molecule has 0 heterocycles. The molecule has 0 fully saturated rings. The van der Waals surface area contributed by atoms with Crippen molar-refractivity contribution in [2.45, 2.75) is 51.9 Å². The molecule has 0 N–H and O–H groups in total. The predicted molar refractivity (Wildman–Crippen MR) is 78.2 cm³/mol. The second kappa shape index (κ2) is 9.48. The highest BCUT2D eigenvalue weighted by molar-refractivity contribution is 5.49. The van der Waals surface area contributed by atoms with Crippen molar-refractivity contribution in [1.29, 1.82) is 5.26 Å². The summed E-state index contributed by atoms with van der Waals surface area (Å²) in [5.41, 5.74) is 2.71. The van der Waals surface area contributed by atoms with Crippen molar-refractivity contribution in [3.05, 3.63) is 41.5 Å². The summed E-state index contributed by atoms with van der Waals surface area (Å²) in [6.45, 7) is 2.21. The zero-order valence-corrected chi connectivity index (χ0v) is 11.4. The van der Waals surface area contributed by atoms with Crippen LogP contribution in [0.15, 0.2) is 30.3 Å². The van der Waals surface area contributed by atoms with Gasteiger partial charge in [-0.2, -0.15) is 5.26 Å². The number of rotatable bonds is 8. The fraction of sp³-hybridized carbons (Fsp3) is 0.471. The summed E-state index contributed by atoms with van der Waals surface area (Å²) in [6, 6.07) is 11.0. The Balaban J connectivity index is 2.23. The second-order valence-corrected chi connectivity index (χ2v) is 4.65. The van der Waals surface area contributed by atoms with Crippen LogP contribution in [0.1, 0.15) is 56.6 Å². The quantitative estimate of drug-likeness (QED) is 0.579. The monoisotopic (exact) mass is 241 g/mol. The van der Waals surface area contributed by atoms with Gasteiger partial charge in [-0.1, -0.05) is 56.2 Å². The minimum Gasteiger partial charge on any atom is -0.198 e. The van der Waals surface area contributed by atoms with Gasteiger partial charge in [-0.05, 0) is 36.8 Å². The van der Waals surface area contributed by atoms with E-state index in [-0.39, 0.29) is 0 Å². The lowest BCUT2D eigenvalue weighted by Gasteiger charge is -1.99. The van der Waals surface area contributed by atoms with E-state index in [0.717, 1.165) is 19.3 Å². The number of unbranched alkanes of at least 4 members (excludes halogenated alkanes) is 4. The van der Waals surface area contributed by atoms with Gasteiger partial charge in [-0.15, -0.1) is 0 Å².